The van der Waals surface area contributed by atoms with Gasteiger partial charge in [0.25, 0.3) is 5.91 Å². The standard InChI is InChI=1S/C29H22N6O3S/c1-35-25(17-6-3-2-4-7-17)22(16-31-35)28(37)32-19-8-5-9-20(14-19)38-24-13-12-23-26(21(24)15-30)39-29(33-23)34-27(36)18-10-11-18/h2-9,12-14,16,18H,10-11H2,1H3,(H,32,37)(H,33,34,36). The fourth-order valence-corrected chi connectivity index (χ4v) is 5.23. The van der Waals surface area contributed by atoms with E-state index in [1.807, 2.05) is 30.3 Å². The van der Waals surface area contributed by atoms with Gasteiger partial charge in [-0.25, -0.2) is 4.98 Å². The highest BCUT2D eigenvalue weighted by Crippen LogP contribution is 2.37. The van der Waals surface area contributed by atoms with E-state index in [1.165, 1.54) is 11.3 Å². The Kier molecular flexibility index (Phi) is 6.26. The number of aromatic nitrogens is 3. The van der Waals surface area contributed by atoms with Crippen LogP contribution in [0, 0.1) is 17.2 Å². The van der Waals surface area contributed by atoms with Crippen molar-refractivity contribution in [3.8, 4) is 28.8 Å². The Morgan fingerprint density at radius 1 is 1.08 bits per heavy atom. The van der Waals surface area contributed by atoms with Gasteiger partial charge in [0, 0.05) is 30.3 Å². The van der Waals surface area contributed by atoms with Crippen molar-refractivity contribution in [2.24, 2.45) is 13.0 Å². The molecule has 5 aromatic rings. The second-order valence-corrected chi connectivity index (χ2v) is 10.2. The van der Waals surface area contributed by atoms with E-state index in [0.717, 1.165) is 18.4 Å². The van der Waals surface area contributed by atoms with Gasteiger partial charge in [-0.15, -0.1) is 0 Å². The quantitative estimate of drug-likeness (QED) is 0.266. The number of hydrogen-bond donors (Lipinski definition) is 2. The first-order valence-corrected chi connectivity index (χ1v) is 13.1. The fraction of sp³-hybridized carbons (Fsp3) is 0.138. The minimum absolute atomic E-state index is 0.0370. The van der Waals surface area contributed by atoms with Crippen LogP contribution in [0.15, 0.2) is 72.9 Å². The normalized spacial score (nSPS) is 12.6. The molecule has 2 aromatic heterocycles. The number of hydrogen-bond acceptors (Lipinski definition) is 7. The van der Waals surface area contributed by atoms with E-state index in [0.29, 0.717) is 49.4 Å². The van der Waals surface area contributed by atoms with Crippen LogP contribution in [0.25, 0.3) is 21.5 Å². The molecule has 1 saturated carbocycles. The number of rotatable bonds is 7. The number of aryl methyl sites for hydroxylation is 1. The minimum atomic E-state index is -0.302. The average molecular weight is 535 g/mol. The van der Waals surface area contributed by atoms with Gasteiger partial charge in [0.2, 0.25) is 5.91 Å². The number of amides is 2. The van der Waals surface area contributed by atoms with Crippen molar-refractivity contribution in [3.05, 3.63) is 84.1 Å². The Hall–Kier alpha value is -5.01. The van der Waals surface area contributed by atoms with Gasteiger partial charge in [-0.3, -0.25) is 14.3 Å². The molecule has 0 saturated heterocycles. The molecule has 2 amide bonds. The summed E-state index contributed by atoms with van der Waals surface area (Å²) in [6, 6.07) is 22.2. The van der Waals surface area contributed by atoms with E-state index >= 15 is 0 Å². The summed E-state index contributed by atoms with van der Waals surface area (Å²) in [5.74, 6) is 0.525. The molecule has 1 fully saturated rings. The summed E-state index contributed by atoms with van der Waals surface area (Å²) < 4.78 is 8.38. The number of nitrogens with one attached hydrogen (secondary N) is 2. The number of thiazole rings is 1. The van der Waals surface area contributed by atoms with Crippen LogP contribution in [0.3, 0.4) is 0 Å². The monoisotopic (exact) mass is 534 g/mol. The molecule has 3 aromatic carbocycles. The first-order chi connectivity index (χ1) is 19.0. The highest BCUT2D eigenvalue weighted by atomic mass is 32.1. The van der Waals surface area contributed by atoms with E-state index in [9.17, 15) is 14.9 Å². The maximum Gasteiger partial charge on any atom is 0.259 e. The number of carbonyl (C=O) groups excluding carboxylic acids is 2. The summed E-state index contributed by atoms with van der Waals surface area (Å²) >= 11 is 1.25. The van der Waals surface area contributed by atoms with Gasteiger partial charge in [0.1, 0.15) is 23.1 Å². The fourth-order valence-electron chi connectivity index (χ4n) is 4.28. The summed E-state index contributed by atoms with van der Waals surface area (Å²) in [4.78, 5) is 29.8. The first kappa shape index (κ1) is 24.3. The van der Waals surface area contributed by atoms with Crippen molar-refractivity contribution in [3.63, 3.8) is 0 Å². The number of anilines is 2. The predicted molar refractivity (Wildman–Crippen MR) is 149 cm³/mol. The lowest BCUT2D eigenvalue weighted by Gasteiger charge is -2.11. The lowest BCUT2D eigenvalue weighted by atomic mass is 10.1. The molecular formula is C29H22N6O3S. The number of fused-ring (bicyclic) bond motifs is 1. The summed E-state index contributed by atoms with van der Waals surface area (Å²) in [5, 5.41) is 20.4. The van der Waals surface area contributed by atoms with E-state index in [-0.39, 0.29) is 17.7 Å². The summed E-state index contributed by atoms with van der Waals surface area (Å²) in [5.41, 5.74) is 3.52. The van der Waals surface area contributed by atoms with Crippen molar-refractivity contribution >= 4 is 44.2 Å². The maximum atomic E-state index is 13.2. The number of nitriles is 1. The molecular weight excluding hydrogens is 512 g/mol. The minimum Gasteiger partial charge on any atom is -0.456 e. The van der Waals surface area contributed by atoms with Gasteiger partial charge in [-0.2, -0.15) is 10.4 Å². The lowest BCUT2D eigenvalue weighted by Crippen LogP contribution is -2.12. The second kappa shape index (κ2) is 10.0. The SMILES string of the molecule is Cn1ncc(C(=O)Nc2cccc(Oc3ccc4nc(NC(=O)C5CC5)sc4c3C#N)c2)c1-c1ccccc1. The van der Waals surface area contributed by atoms with Crippen molar-refractivity contribution in [1.82, 2.24) is 14.8 Å². The van der Waals surface area contributed by atoms with E-state index < -0.39 is 0 Å². The van der Waals surface area contributed by atoms with E-state index in [4.69, 9.17) is 4.74 Å². The molecule has 192 valence electrons. The average Bonchev–Trinajstić information content (AvgIpc) is 3.61. The van der Waals surface area contributed by atoms with Crippen molar-refractivity contribution < 1.29 is 14.3 Å². The lowest BCUT2D eigenvalue weighted by molar-refractivity contribution is -0.117. The van der Waals surface area contributed by atoms with Crippen molar-refractivity contribution in [2.75, 3.05) is 10.6 Å². The zero-order chi connectivity index (χ0) is 26.9. The van der Waals surface area contributed by atoms with Crippen LogP contribution in [0.2, 0.25) is 0 Å². The van der Waals surface area contributed by atoms with Crippen LogP contribution in [-0.4, -0.2) is 26.6 Å². The van der Waals surface area contributed by atoms with Crippen LogP contribution < -0.4 is 15.4 Å². The molecule has 6 rings (SSSR count). The zero-order valence-electron chi connectivity index (χ0n) is 20.8. The molecule has 2 heterocycles. The second-order valence-electron chi connectivity index (χ2n) is 9.16. The Bertz CT molecular complexity index is 1770. The third kappa shape index (κ3) is 4.95. The Morgan fingerprint density at radius 3 is 2.67 bits per heavy atom. The molecule has 39 heavy (non-hydrogen) atoms. The number of nitrogens with zero attached hydrogens (tertiary/aromatic N) is 4. The molecule has 10 heteroatoms. The number of carbonyl (C=O) groups is 2. The van der Waals surface area contributed by atoms with Crippen molar-refractivity contribution in [2.45, 2.75) is 12.8 Å². The van der Waals surface area contributed by atoms with E-state index in [2.05, 4.69) is 26.8 Å². The topological polar surface area (TPSA) is 122 Å². The molecule has 0 radical (unpaired) electrons. The van der Waals surface area contributed by atoms with Gasteiger partial charge < -0.3 is 15.4 Å². The summed E-state index contributed by atoms with van der Waals surface area (Å²) in [7, 11) is 1.80. The van der Waals surface area contributed by atoms with Gasteiger partial charge >= 0.3 is 0 Å². The smallest absolute Gasteiger partial charge is 0.259 e. The molecule has 1 aliphatic carbocycles. The van der Waals surface area contributed by atoms with Gasteiger partial charge in [-0.05, 0) is 37.1 Å². The highest BCUT2D eigenvalue weighted by Gasteiger charge is 2.30. The van der Waals surface area contributed by atoms with E-state index in [1.54, 1.807) is 54.3 Å². The zero-order valence-corrected chi connectivity index (χ0v) is 21.7. The molecule has 9 nitrogen and oxygen atoms in total. The molecule has 2 N–H and O–H groups in total. The Morgan fingerprint density at radius 2 is 1.90 bits per heavy atom. The number of ether oxygens (including phenoxy) is 1. The van der Waals surface area contributed by atoms with Crippen LogP contribution in [-0.2, 0) is 11.8 Å². The molecule has 0 bridgehead atoms. The van der Waals surface area contributed by atoms with Crippen molar-refractivity contribution in [1.29, 1.82) is 5.26 Å². The Balaban J connectivity index is 1.23. The summed E-state index contributed by atoms with van der Waals surface area (Å²) in [6.07, 6.45) is 3.34. The van der Waals surface area contributed by atoms with Gasteiger partial charge in [0.15, 0.2) is 5.13 Å². The van der Waals surface area contributed by atoms with Gasteiger partial charge in [-0.1, -0.05) is 47.7 Å². The number of benzene rings is 3. The highest BCUT2D eigenvalue weighted by molar-refractivity contribution is 7.22. The third-order valence-corrected chi connectivity index (χ3v) is 7.36. The molecule has 0 aliphatic heterocycles. The third-order valence-electron chi connectivity index (χ3n) is 6.36. The first-order valence-electron chi connectivity index (χ1n) is 12.3. The van der Waals surface area contributed by atoms with Crippen LogP contribution in [0.4, 0.5) is 10.8 Å². The van der Waals surface area contributed by atoms with Crippen LogP contribution >= 0.6 is 11.3 Å². The maximum absolute atomic E-state index is 13.2. The Labute approximate surface area is 227 Å². The predicted octanol–water partition coefficient (Wildman–Crippen LogP) is 5.96. The summed E-state index contributed by atoms with van der Waals surface area (Å²) in [6.45, 7) is 0. The van der Waals surface area contributed by atoms with Gasteiger partial charge in [0.05, 0.1) is 27.7 Å². The largest absolute Gasteiger partial charge is 0.456 e. The van der Waals surface area contributed by atoms with Crippen LogP contribution in [0.1, 0.15) is 28.8 Å². The van der Waals surface area contributed by atoms with Crippen LogP contribution in [0.5, 0.6) is 11.5 Å². The molecule has 0 atom stereocenters. The molecule has 0 unspecified atom stereocenters. The molecule has 1 aliphatic rings. The molecule has 0 spiro atoms.